The van der Waals surface area contributed by atoms with Crippen LogP contribution in [0.4, 0.5) is 8.78 Å². The summed E-state index contributed by atoms with van der Waals surface area (Å²) in [5.74, 6) is 4.36. The fourth-order valence-corrected chi connectivity index (χ4v) is 2.42. The number of nitrogens with one attached hydrogen (secondary N) is 1. The molecule has 0 atom stereocenters. The quantitative estimate of drug-likeness (QED) is 0.708. The molecule has 0 saturated heterocycles. The second-order valence-corrected chi connectivity index (χ2v) is 6.34. The number of fused-ring (bicyclic) bond motifs is 1. The topological polar surface area (TPSA) is 42.0 Å². The van der Waals surface area contributed by atoms with Crippen molar-refractivity contribution >= 4 is 16.8 Å². The van der Waals surface area contributed by atoms with Crippen LogP contribution in [0.15, 0.2) is 54.7 Å². The van der Waals surface area contributed by atoms with Crippen LogP contribution in [-0.4, -0.2) is 16.4 Å². The van der Waals surface area contributed by atoms with Gasteiger partial charge in [-0.15, -0.1) is 0 Å². The molecule has 0 bridgehead atoms. The van der Waals surface area contributed by atoms with E-state index in [2.05, 4.69) is 22.1 Å². The number of carbonyl (C=O) groups is 1. The monoisotopic (exact) mass is 350 g/mol. The van der Waals surface area contributed by atoms with Crippen molar-refractivity contribution in [3.63, 3.8) is 0 Å². The lowest BCUT2D eigenvalue weighted by Crippen LogP contribution is -2.42. The summed E-state index contributed by atoms with van der Waals surface area (Å²) in [6, 6.07) is 12.3. The molecular formula is C21H16F2N2O. The number of hydrogen-bond donors (Lipinski definition) is 1. The van der Waals surface area contributed by atoms with E-state index in [9.17, 15) is 13.6 Å². The number of hydrogen-bond acceptors (Lipinski definition) is 2. The molecule has 26 heavy (non-hydrogen) atoms. The third kappa shape index (κ3) is 3.86. The summed E-state index contributed by atoms with van der Waals surface area (Å²) in [4.78, 5) is 16.5. The van der Waals surface area contributed by atoms with Crippen LogP contribution in [0.5, 0.6) is 0 Å². The number of nitrogens with zero attached hydrogens (tertiary/aromatic N) is 1. The summed E-state index contributed by atoms with van der Waals surface area (Å²) in [6.07, 6.45) is 1.32. The van der Waals surface area contributed by atoms with E-state index in [1.165, 1.54) is 18.3 Å². The number of benzene rings is 2. The standard InChI is InChI=1S/C21H16F2N2O/c1-21(2,11-10-14-6-3-4-8-17(14)22)25-20(26)16-12-15-7-5-9-18(23)19(15)24-13-16/h3-9,12-13H,1-2H3,(H,25,26). The molecule has 0 aliphatic rings. The Morgan fingerprint density at radius 2 is 1.81 bits per heavy atom. The molecule has 0 saturated carbocycles. The van der Waals surface area contributed by atoms with E-state index >= 15 is 0 Å². The molecule has 0 spiro atoms. The predicted octanol–water partition coefficient (Wildman–Crippen LogP) is 4.07. The highest BCUT2D eigenvalue weighted by atomic mass is 19.1. The molecule has 130 valence electrons. The minimum atomic E-state index is -0.893. The molecule has 3 rings (SSSR count). The van der Waals surface area contributed by atoms with Crippen LogP contribution in [0.1, 0.15) is 29.8 Å². The molecule has 0 unspecified atom stereocenters. The predicted molar refractivity (Wildman–Crippen MR) is 96.5 cm³/mol. The normalized spacial score (nSPS) is 10.9. The number of para-hydroxylation sites is 1. The molecule has 0 aliphatic heterocycles. The van der Waals surface area contributed by atoms with Gasteiger partial charge in [0.15, 0.2) is 0 Å². The summed E-state index contributed by atoms with van der Waals surface area (Å²) in [7, 11) is 0. The Kier molecular flexibility index (Phi) is 4.68. The molecule has 1 heterocycles. The van der Waals surface area contributed by atoms with Crippen molar-refractivity contribution in [2.45, 2.75) is 19.4 Å². The Bertz CT molecular complexity index is 1050. The minimum Gasteiger partial charge on any atom is -0.336 e. The van der Waals surface area contributed by atoms with Gasteiger partial charge in [0.05, 0.1) is 16.7 Å². The molecule has 0 fully saturated rings. The first-order valence-corrected chi connectivity index (χ1v) is 8.00. The molecular weight excluding hydrogens is 334 g/mol. The van der Waals surface area contributed by atoms with Gasteiger partial charge < -0.3 is 5.32 Å². The maximum atomic E-state index is 13.7. The Hall–Kier alpha value is -3.26. The molecule has 2 aromatic carbocycles. The van der Waals surface area contributed by atoms with Gasteiger partial charge in [-0.25, -0.2) is 8.78 Å². The van der Waals surface area contributed by atoms with Gasteiger partial charge in [0.2, 0.25) is 0 Å². The van der Waals surface area contributed by atoms with Gasteiger partial charge in [0, 0.05) is 11.6 Å². The highest BCUT2D eigenvalue weighted by Gasteiger charge is 2.19. The number of aromatic nitrogens is 1. The summed E-state index contributed by atoms with van der Waals surface area (Å²) in [5.41, 5.74) is -0.125. The van der Waals surface area contributed by atoms with Crippen LogP contribution in [0.25, 0.3) is 10.9 Å². The average Bonchev–Trinajstić information content (AvgIpc) is 2.60. The summed E-state index contributed by atoms with van der Waals surface area (Å²) in [5, 5.41) is 3.31. The zero-order valence-corrected chi connectivity index (χ0v) is 14.3. The fraction of sp³-hybridized carbons (Fsp3) is 0.143. The first kappa shape index (κ1) is 17.6. The van der Waals surface area contributed by atoms with Crippen molar-refractivity contribution in [1.82, 2.24) is 10.3 Å². The smallest absolute Gasteiger partial charge is 0.254 e. The van der Waals surface area contributed by atoms with Gasteiger partial charge >= 0.3 is 0 Å². The van der Waals surface area contributed by atoms with E-state index < -0.39 is 23.1 Å². The van der Waals surface area contributed by atoms with Gasteiger partial charge in [-0.2, -0.15) is 0 Å². The minimum absolute atomic E-state index is 0.211. The van der Waals surface area contributed by atoms with Crippen molar-refractivity contribution in [3.05, 3.63) is 77.5 Å². The van der Waals surface area contributed by atoms with Crippen molar-refractivity contribution in [2.75, 3.05) is 0 Å². The third-order valence-corrected chi connectivity index (χ3v) is 3.73. The maximum absolute atomic E-state index is 13.7. The number of halogens is 2. The zero-order valence-electron chi connectivity index (χ0n) is 14.3. The van der Waals surface area contributed by atoms with E-state index in [4.69, 9.17) is 0 Å². The van der Waals surface area contributed by atoms with Crippen LogP contribution in [-0.2, 0) is 0 Å². The Labute approximate surface area is 150 Å². The van der Waals surface area contributed by atoms with Crippen LogP contribution >= 0.6 is 0 Å². The molecule has 3 nitrogen and oxygen atoms in total. The van der Waals surface area contributed by atoms with Gasteiger partial charge in [-0.1, -0.05) is 36.1 Å². The second kappa shape index (κ2) is 6.93. The maximum Gasteiger partial charge on any atom is 0.254 e. The van der Waals surface area contributed by atoms with Crippen molar-refractivity contribution in [1.29, 1.82) is 0 Å². The van der Waals surface area contributed by atoms with Gasteiger partial charge in [-0.3, -0.25) is 9.78 Å². The summed E-state index contributed by atoms with van der Waals surface area (Å²) >= 11 is 0. The Morgan fingerprint density at radius 3 is 2.58 bits per heavy atom. The van der Waals surface area contributed by atoms with E-state index in [1.54, 1.807) is 50.2 Å². The molecule has 0 radical (unpaired) electrons. The Morgan fingerprint density at radius 1 is 1.08 bits per heavy atom. The van der Waals surface area contributed by atoms with Crippen molar-refractivity contribution < 1.29 is 13.6 Å². The van der Waals surface area contributed by atoms with E-state index in [1.807, 2.05) is 0 Å². The summed E-state index contributed by atoms with van der Waals surface area (Å²) in [6.45, 7) is 3.43. The first-order valence-electron chi connectivity index (χ1n) is 8.00. The van der Waals surface area contributed by atoms with E-state index in [0.717, 1.165) is 0 Å². The number of amides is 1. The largest absolute Gasteiger partial charge is 0.336 e. The van der Waals surface area contributed by atoms with Gasteiger partial charge in [0.25, 0.3) is 5.91 Å². The van der Waals surface area contributed by atoms with Crippen LogP contribution in [0.3, 0.4) is 0 Å². The highest BCUT2D eigenvalue weighted by Crippen LogP contribution is 2.17. The second-order valence-electron chi connectivity index (χ2n) is 6.34. The lowest BCUT2D eigenvalue weighted by Gasteiger charge is -2.20. The van der Waals surface area contributed by atoms with Gasteiger partial charge in [-0.05, 0) is 38.1 Å². The van der Waals surface area contributed by atoms with Crippen LogP contribution < -0.4 is 5.32 Å². The SMILES string of the molecule is CC(C)(C#Cc1ccccc1F)NC(=O)c1cnc2c(F)cccc2c1. The highest BCUT2D eigenvalue weighted by molar-refractivity contribution is 5.97. The number of rotatable bonds is 2. The fourth-order valence-electron chi connectivity index (χ4n) is 2.42. The van der Waals surface area contributed by atoms with E-state index in [0.29, 0.717) is 10.9 Å². The molecule has 1 aromatic heterocycles. The van der Waals surface area contributed by atoms with E-state index in [-0.39, 0.29) is 11.1 Å². The Balaban J connectivity index is 1.82. The molecule has 5 heteroatoms. The number of pyridine rings is 1. The molecule has 1 N–H and O–H groups in total. The first-order chi connectivity index (χ1) is 12.4. The summed E-state index contributed by atoms with van der Waals surface area (Å²) < 4.78 is 27.3. The van der Waals surface area contributed by atoms with Crippen LogP contribution in [0.2, 0.25) is 0 Å². The third-order valence-electron chi connectivity index (χ3n) is 3.73. The zero-order chi connectivity index (χ0) is 18.7. The van der Waals surface area contributed by atoms with Gasteiger partial charge in [0.1, 0.15) is 17.2 Å². The van der Waals surface area contributed by atoms with Crippen LogP contribution in [0, 0.1) is 23.5 Å². The average molecular weight is 350 g/mol. The molecule has 3 aromatic rings. The lowest BCUT2D eigenvalue weighted by molar-refractivity contribution is 0.0929. The van der Waals surface area contributed by atoms with Crippen molar-refractivity contribution in [3.8, 4) is 11.8 Å². The number of carbonyl (C=O) groups excluding carboxylic acids is 1. The molecule has 0 aliphatic carbocycles. The molecule has 1 amide bonds. The lowest BCUT2D eigenvalue weighted by atomic mass is 10.0. The van der Waals surface area contributed by atoms with Crippen molar-refractivity contribution in [2.24, 2.45) is 0 Å².